The summed E-state index contributed by atoms with van der Waals surface area (Å²) in [4.78, 5) is 0. The summed E-state index contributed by atoms with van der Waals surface area (Å²) in [7, 11) is 3.25. The molecule has 0 saturated carbocycles. The third kappa shape index (κ3) is 3.40. The van der Waals surface area contributed by atoms with E-state index in [1.807, 2.05) is 12.1 Å². The number of rotatable bonds is 4. The molecule has 2 aromatic rings. The lowest BCUT2D eigenvalue weighted by Crippen LogP contribution is -2.23. The molecule has 0 spiro atoms. The number of benzene rings is 2. The molecule has 5 heteroatoms. The van der Waals surface area contributed by atoms with Gasteiger partial charge in [-0.15, -0.1) is 0 Å². The number of hydrogen-bond donors (Lipinski definition) is 1. The fourth-order valence-electron chi connectivity index (χ4n) is 2.80. The first-order valence-electron chi connectivity index (χ1n) is 7.59. The van der Waals surface area contributed by atoms with Crippen molar-refractivity contribution < 1.29 is 18.6 Å². The van der Waals surface area contributed by atoms with Gasteiger partial charge in [-0.1, -0.05) is 0 Å². The van der Waals surface area contributed by atoms with Crippen LogP contribution in [0, 0.1) is 5.82 Å². The van der Waals surface area contributed by atoms with Crippen LogP contribution in [0.4, 0.5) is 4.39 Å². The van der Waals surface area contributed by atoms with Crippen LogP contribution in [0.3, 0.4) is 0 Å². The van der Waals surface area contributed by atoms with E-state index in [0.29, 0.717) is 23.8 Å². The standard InChI is InChI=1S/C18H20FNO3/c1-21-16-9-12-7-8-20-11-18(15(12)10-17(16)22-2)23-14-5-3-13(19)4-6-14/h3-6,9-10,18,20H,7-8,11H2,1-2H3. The molecule has 0 aliphatic carbocycles. The number of fused-ring (bicyclic) bond motifs is 1. The van der Waals surface area contributed by atoms with E-state index in [9.17, 15) is 4.39 Å². The molecule has 23 heavy (non-hydrogen) atoms. The van der Waals surface area contributed by atoms with Crippen LogP contribution in [-0.2, 0) is 6.42 Å². The van der Waals surface area contributed by atoms with E-state index < -0.39 is 0 Å². The molecular weight excluding hydrogens is 297 g/mol. The summed E-state index contributed by atoms with van der Waals surface area (Å²) in [6.45, 7) is 1.55. The molecule has 2 aromatic carbocycles. The van der Waals surface area contributed by atoms with Crippen molar-refractivity contribution in [1.29, 1.82) is 0 Å². The maximum absolute atomic E-state index is 13.1. The molecule has 1 aliphatic rings. The van der Waals surface area contributed by atoms with E-state index in [2.05, 4.69) is 5.32 Å². The molecule has 0 aromatic heterocycles. The second kappa shape index (κ2) is 6.87. The fraction of sp³-hybridized carbons (Fsp3) is 0.333. The summed E-state index contributed by atoms with van der Waals surface area (Å²) < 4.78 is 29.9. The molecule has 122 valence electrons. The molecule has 0 fully saturated rings. The Morgan fingerprint density at radius 1 is 1.04 bits per heavy atom. The molecule has 0 amide bonds. The van der Waals surface area contributed by atoms with E-state index in [-0.39, 0.29) is 11.9 Å². The number of methoxy groups -OCH3 is 2. The smallest absolute Gasteiger partial charge is 0.161 e. The summed E-state index contributed by atoms with van der Waals surface area (Å²) in [5.41, 5.74) is 2.23. The largest absolute Gasteiger partial charge is 0.493 e. The molecule has 0 saturated heterocycles. The van der Waals surface area contributed by atoms with Gasteiger partial charge in [0, 0.05) is 12.1 Å². The van der Waals surface area contributed by atoms with Crippen molar-refractivity contribution in [2.24, 2.45) is 0 Å². The Balaban J connectivity index is 1.94. The molecule has 1 aliphatic heterocycles. The predicted octanol–water partition coefficient (Wildman–Crippen LogP) is 3.11. The minimum Gasteiger partial charge on any atom is -0.493 e. The van der Waals surface area contributed by atoms with Crippen molar-refractivity contribution in [3.63, 3.8) is 0 Å². The van der Waals surface area contributed by atoms with Gasteiger partial charge in [-0.25, -0.2) is 4.39 Å². The highest BCUT2D eigenvalue weighted by Gasteiger charge is 2.23. The maximum Gasteiger partial charge on any atom is 0.161 e. The zero-order chi connectivity index (χ0) is 16.2. The van der Waals surface area contributed by atoms with Gasteiger partial charge >= 0.3 is 0 Å². The van der Waals surface area contributed by atoms with Gasteiger partial charge in [0.1, 0.15) is 17.7 Å². The van der Waals surface area contributed by atoms with E-state index in [4.69, 9.17) is 14.2 Å². The third-order valence-electron chi connectivity index (χ3n) is 3.99. The number of ether oxygens (including phenoxy) is 3. The average Bonchev–Trinajstić information content (AvgIpc) is 2.77. The van der Waals surface area contributed by atoms with Gasteiger partial charge in [0.05, 0.1) is 14.2 Å². The second-order valence-electron chi connectivity index (χ2n) is 5.42. The van der Waals surface area contributed by atoms with Crippen molar-refractivity contribution in [1.82, 2.24) is 5.32 Å². The average molecular weight is 317 g/mol. The second-order valence-corrected chi connectivity index (χ2v) is 5.42. The van der Waals surface area contributed by atoms with Crippen LogP contribution in [-0.4, -0.2) is 27.3 Å². The highest BCUT2D eigenvalue weighted by Crippen LogP contribution is 2.35. The molecule has 1 heterocycles. The van der Waals surface area contributed by atoms with Crippen LogP contribution in [0.25, 0.3) is 0 Å². The zero-order valence-electron chi connectivity index (χ0n) is 13.3. The Morgan fingerprint density at radius 2 is 1.74 bits per heavy atom. The van der Waals surface area contributed by atoms with Crippen LogP contribution in [0.5, 0.6) is 17.2 Å². The van der Waals surface area contributed by atoms with E-state index in [1.54, 1.807) is 26.4 Å². The first-order valence-corrected chi connectivity index (χ1v) is 7.59. The molecule has 3 rings (SSSR count). The normalized spacial score (nSPS) is 17.1. The van der Waals surface area contributed by atoms with Crippen LogP contribution >= 0.6 is 0 Å². The minimum absolute atomic E-state index is 0.169. The topological polar surface area (TPSA) is 39.7 Å². The number of nitrogens with one attached hydrogen (secondary N) is 1. The quantitative estimate of drug-likeness (QED) is 0.940. The van der Waals surface area contributed by atoms with Gasteiger partial charge in [-0.2, -0.15) is 0 Å². The van der Waals surface area contributed by atoms with Gasteiger partial charge in [0.25, 0.3) is 0 Å². The van der Waals surface area contributed by atoms with Gasteiger partial charge in [0.2, 0.25) is 0 Å². The Labute approximate surface area is 135 Å². The highest BCUT2D eigenvalue weighted by atomic mass is 19.1. The van der Waals surface area contributed by atoms with E-state index >= 15 is 0 Å². The SMILES string of the molecule is COc1cc2c(cc1OC)C(Oc1ccc(F)cc1)CNCC2. The predicted molar refractivity (Wildman–Crippen MR) is 85.9 cm³/mol. The molecule has 1 atom stereocenters. The first-order chi connectivity index (χ1) is 11.2. The summed E-state index contributed by atoms with van der Waals surface area (Å²) in [5, 5.41) is 3.37. The van der Waals surface area contributed by atoms with Crippen molar-refractivity contribution in [3.8, 4) is 17.2 Å². The minimum atomic E-state index is -0.275. The van der Waals surface area contributed by atoms with Gasteiger partial charge in [0.15, 0.2) is 11.5 Å². The van der Waals surface area contributed by atoms with Gasteiger partial charge < -0.3 is 19.5 Å². The van der Waals surface area contributed by atoms with Crippen LogP contribution in [0.1, 0.15) is 17.2 Å². The summed E-state index contributed by atoms with van der Waals surface area (Å²) in [6.07, 6.45) is 0.719. The summed E-state index contributed by atoms with van der Waals surface area (Å²) >= 11 is 0. The lowest BCUT2D eigenvalue weighted by molar-refractivity contribution is 0.204. The van der Waals surface area contributed by atoms with Crippen LogP contribution < -0.4 is 19.5 Å². The Morgan fingerprint density at radius 3 is 2.43 bits per heavy atom. The third-order valence-corrected chi connectivity index (χ3v) is 3.99. The summed E-state index contributed by atoms with van der Waals surface area (Å²) in [6, 6.07) is 10.0. The molecule has 0 bridgehead atoms. The van der Waals surface area contributed by atoms with Gasteiger partial charge in [-0.3, -0.25) is 0 Å². The molecular formula is C18H20FNO3. The zero-order valence-corrected chi connectivity index (χ0v) is 13.3. The van der Waals surface area contributed by atoms with E-state index in [0.717, 1.165) is 18.5 Å². The molecule has 0 radical (unpaired) electrons. The van der Waals surface area contributed by atoms with Crippen molar-refractivity contribution >= 4 is 0 Å². The van der Waals surface area contributed by atoms with Crippen molar-refractivity contribution in [3.05, 3.63) is 53.3 Å². The van der Waals surface area contributed by atoms with E-state index in [1.165, 1.54) is 17.7 Å². The Kier molecular flexibility index (Phi) is 4.67. The summed E-state index contributed by atoms with van der Waals surface area (Å²) in [5.74, 6) is 1.76. The molecule has 1 unspecified atom stereocenters. The van der Waals surface area contributed by atoms with Crippen molar-refractivity contribution in [2.45, 2.75) is 12.5 Å². The van der Waals surface area contributed by atoms with Gasteiger partial charge in [-0.05, 0) is 54.9 Å². The number of hydrogen-bond acceptors (Lipinski definition) is 4. The van der Waals surface area contributed by atoms with Crippen molar-refractivity contribution in [2.75, 3.05) is 27.3 Å². The maximum atomic E-state index is 13.1. The Hall–Kier alpha value is -2.27. The lowest BCUT2D eigenvalue weighted by Gasteiger charge is -2.21. The number of halogens is 1. The first kappa shape index (κ1) is 15.6. The molecule has 4 nitrogen and oxygen atoms in total. The van der Waals surface area contributed by atoms with Crippen LogP contribution in [0.2, 0.25) is 0 Å². The highest BCUT2D eigenvalue weighted by molar-refractivity contribution is 5.49. The fourth-order valence-corrected chi connectivity index (χ4v) is 2.80. The van der Waals surface area contributed by atoms with Crippen LogP contribution in [0.15, 0.2) is 36.4 Å². The molecule has 1 N–H and O–H groups in total. The lowest BCUT2D eigenvalue weighted by atomic mass is 10.00. The Bertz CT molecular complexity index is 673. The monoisotopic (exact) mass is 317 g/mol.